The van der Waals surface area contributed by atoms with Gasteiger partial charge in [0.2, 0.25) is 17.7 Å². The van der Waals surface area contributed by atoms with Gasteiger partial charge in [-0.15, -0.1) is 0 Å². The average molecular weight is 334 g/mol. The molecule has 0 atom stereocenters. The van der Waals surface area contributed by atoms with Gasteiger partial charge < -0.3 is 14.7 Å². The van der Waals surface area contributed by atoms with Gasteiger partial charge in [-0.05, 0) is 25.7 Å². The van der Waals surface area contributed by atoms with E-state index in [1.807, 2.05) is 0 Å². The van der Waals surface area contributed by atoms with Gasteiger partial charge in [0, 0.05) is 19.9 Å². The largest absolute Gasteiger partial charge is 0.342 e. The maximum absolute atomic E-state index is 12.6. The standard InChI is InChI=1S/C17H26N4O3/c1-13-18-16(20-24-13)17(9-5-2-3-6-10-17)19-14(22)12-21-11-7-4-8-15(21)23/h2-12H2,1H3,(H,19,22). The predicted molar refractivity (Wildman–Crippen MR) is 87.0 cm³/mol. The number of aryl methyl sites for hydroxylation is 1. The first kappa shape index (κ1) is 16.9. The lowest BCUT2D eigenvalue weighted by Crippen LogP contribution is -2.51. The quantitative estimate of drug-likeness (QED) is 0.852. The van der Waals surface area contributed by atoms with E-state index >= 15 is 0 Å². The van der Waals surface area contributed by atoms with Crippen molar-refractivity contribution in [2.24, 2.45) is 0 Å². The Bertz CT molecular complexity index is 590. The molecule has 2 aliphatic rings. The van der Waals surface area contributed by atoms with Gasteiger partial charge in [-0.3, -0.25) is 9.59 Å². The molecule has 1 aliphatic carbocycles. The molecule has 3 rings (SSSR count). The lowest BCUT2D eigenvalue weighted by atomic mass is 9.89. The summed E-state index contributed by atoms with van der Waals surface area (Å²) in [5.74, 6) is 1.02. The second-order valence-corrected chi connectivity index (χ2v) is 6.95. The number of carbonyl (C=O) groups is 2. The molecule has 0 unspecified atom stereocenters. The number of rotatable bonds is 4. The first-order valence-corrected chi connectivity index (χ1v) is 8.99. The number of likely N-dealkylation sites (tertiary alicyclic amines) is 1. The highest BCUT2D eigenvalue weighted by molar-refractivity contribution is 5.85. The topological polar surface area (TPSA) is 88.3 Å². The highest BCUT2D eigenvalue weighted by atomic mass is 16.5. The van der Waals surface area contributed by atoms with Crippen LogP contribution in [0.5, 0.6) is 0 Å². The molecule has 2 heterocycles. The van der Waals surface area contributed by atoms with E-state index in [1.165, 1.54) is 0 Å². The Balaban J connectivity index is 1.73. The van der Waals surface area contributed by atoms with Gasteiger partial charge in [0.05, 0.1) is 6.54 Å². The summed E-state index contributed by atoms with van der Waals surface area (Å²) < 4.78 is 5.16. The van der Waals surface area contributed by atoms with E-state index in [9.17, 15) is 9.59 Å². The number of hydrogen-bond acceptors (Lipinski definition) is 5. The zero-order valence-corrected chi connectivity index (χ0v) is 14.3. The van der Waals surface area contributed by atoms with Crippen LogP contribution in [0.2, 0.25) is 0 Å². The fourth-order valence-corrected chi connectivity index (χ4v) is 3.74. The van der Waals surface area contributed by atoms with Crippen molar-refractivity contribution in [3.63, 3.8) is 0 Å². The Morgan fingerprint density at radius 2 is 1.96 bits per heavy atom. The van der Waals surface area contributed by atoms with Crippen LogP contribution in [0.15, 0.2) is 4.52 Å². The Labute approximate surface area is 142 Å². The van der Waals surface area contributed by atoms with Crippen molar-refractivity contribution in [2.75, 3.05) is 13.1 Å². The minimum Gasteiger partial charge on any atom is -0.342 e. The van der Waals surface area contributed by atoms with Gasteiger partial charge in [0.1, 0.15) is 5.54 Å². The molecule has 7 heteroatoms. The highest BCUT2D eigenvalue weighted by Gasteiger charge is 2.39. The Morgan fingerprint density at radius 3 is 2.58 bits per heavy atom. The molecule has 1 saturated carbocycles. The number of aromatic nitrogens is 2. The molecule has 7 nitrogen and oxygen atoms in total. The molecule has 132 valence electrons. The summed E-state index contributed by atoms with van der Waals surface area (Å²) in [6.07, 6.45) is 8.40. The number of carbonyl (C=O) groups excluding carboxylic acids is 2. The molecule has 2 fully saturated rings. The van der Waals surface area contributed by atoms with Crippen molar-refractivity contribution in [2.45, 2.75) is 70.3 Å². The second kappa shape index (κ2) is 7.32. The van der Waals surface area contributed by atoms with Gasteiger partial charge >= 0.3 is 0 Å². The summed E-state index contributed by atoms with van der Waals surface area (Å²) in [6, 6.07) is 0. The van der Waals surface area contributed by atoms with Gasteiger partial charge in [-0.1, -0.05) is 30.8 Å². The maximum atomic E-state index is 12.6. The molecular formula is C17H26N4O3. The number of nitrogens with zero attached hydrogens (tertiary/aromatic N) is 3. The number of piperidine rings is 1. The average Bonchev–Trinajstić information content (AvgIpc) is 2.86. The van der Waals surface area contributed by atoms with E-state index in [2.05, 4.69) is 15.5 Å². The molecule has 0 bridgehead atoms. The van der Waals surface area contributed by atoms with Crippen LogP contribution in [0, 0.1) is 6.92 Å². The summed E-state index contributed by atoms with van der Waals surface area (Å²) >= 11 is 0. The molecule has 1 saturated heterocycles. The fraction of sp³-hybridized carbons (Fsp3) is 0.765. The van der Waals surface area contributed by atoms with Crippen molar-refractivity contribution in [1.29, 1.82) is 0 Å². The van der Waals surface area contributed by atoms with E-state index in [4.69, 9.17) is 4.52 Å². The first-order valence-electron chi connectivity index (χ1n) is 8.99. The summed E-state index contributed by atoms with van der Waals surface area (Å²) in [7, 11) is 0. The van der Waals surface area contributed by atoms with Gasteiger partial charge in [0.15, 0.2) is 5.82 Å². The smallest absolute Gasteiger partial charge is 0.240 e. The van der Waals surface area contributed by atoms with Crippen LogP contribution < -0.4 is 5.32 Å². The second-order valence-electron chi connectivity index (χ2n) is 6.95. The van der Waals surface area contributed by atoms with Gasteiger partial charge in [-0.25, -0.2) is 0 Å². The van der Waals surface area contributed by atoms with Crippen molar-refractivity contribution in [1.82, 2.24) is 20.4 Å². The van der Waals surface area contributed by atoms with Crippen molar-refractivity contribution < 1.29 is 14.1 Å². The summed E-state index contributed by atoms with van der Waals surface area (Å²) in [6.45, 7) is 2.55. The molecule has 2 amide bonds. The summed E-state index contributed by atoms with van der Waals surface area (Å²) in [5.41, 5.74) is -0.565. The third-order valence-corrected chi connectivity index (χ3v) is 5.05. The van der Waals surface area contributed by atoms with Crippen LogP contribution in [-0.2, 0) is 15.1 Å². The first-order chi connectivity index (χ1) is 11.6. The highest BCUT2D eigenvalue weighted by Crippen LogP contribution is 2.34. The van der Waals surface area contributed by atoms with Crippen LogP contribution >= 0.6 is 0 Å². The predicted octanol–water partition coefficient (Wildman–Crippen LogP) is 2.06. The number of amides is 2. The number of hydrogen-bond donors (Lipinski definition) is 1. The summed E-state index contributed by atoms with van der Waals surface area (Å²) in [4.78, 5) is 30.6. The molecule has 1 aromatic rings. The van der Waals surface area contributed by atoms with Crippen LogP contribution in [0.25, 0.3) is 0 Å². The zero-order valence-electron chi connectivity index (χ0n) is 14.3. The van der Waals surface area contributed by atoms with E-state index in [0.29, 0.717) is 24.7 Å². The summed E-state index contributed by atoms with van der Waals surface area (Å²) in [5, 5.41) is 7.24. The van der Waals surface area contributed by atoms with Crippen LogP contribution in [0.1, 0.15) is 69.5 Å². The lowest BCUT2D eigenvalue weighted by molar-refractivity contribution is -0.138. The van der Waals surface area contributed by atoms with E-state index in [-0.39, 0.29) is 18.4 Å². The molecule has 0 radical (unpaired) electrons. The number of nitrogens with one attached hydrogen (secondary N) is 1. The Hall–Kier alpha value is -1.92. The van der Waals surface area contributed by atoms with E-state index in [1.54, 1.807) is 11.8 Å². The normalized spacial score (nSPS) is 21.4. The maximum Gasteiger partial charge on any atom is 0.240 e. The third kappa shape index (κ3) is 3.76. The Morgan fingerprint density at radius 1 is 1.21 bits per heavy atom. The minimum absolute atomic E-state index is 0.0710. The monoisotopic (exact) mass is 334 g/mol. The van der Waals surface area contributed by atoms with Crippen molar-refractivity contribution in [3.05, 3.63) is 11.7 Å². The molecular weight excluding hydrogens is 308 g/mol. The third-order valence-electron chi connectivity index (χ3n) is 5.05. The Kier molecular flexibility index (Phi) is 5.16. The fourth-order valence-electron chi connectivity index (χ4n) is 3.74. The van der Waals surface area contributed by atoms with Crippen molar-refractivity contribution >= 4 is 11.8 Å². The molecule has 1 aromatic heterocycles. The van der Waals surface area contributed by atoms with Crippen LogP contribution in [-0.4, -0.2) is 39.9 Å². The van der Waals surface area contributed by atoms with E-state index < -0.39 is 5.54 Å². The van der Waals surface area contributed by atoms with Crippen LogP contribution in [0.4, 0.5) is 0 Å². The van der Waals surface area contributed by atoms with Crippen LogP contribution in [0.3, 0.4) is 0 Å². The molecule has 1 aliphatic heterocycles. The molecule has 1 N–H and O–H groups in total. The molecule has 0 aromatic carbocycles. The molecule has 0 spiro atoms. The van der Waals surface area contributed by atoms with Gasteiger partial charge in [-0.2, -0.15) is 4.98 Å². The molecule has 24 heavy (non-hydrogen) atoms. The zero-order chi connectivity index (χ0) is 17.0. The lowest BCUT2D eigenvalue weighted by Gasteiger charge is -2.33. The van der Waals surface area contributed by atoms with E-state index in [0.717, 1.165) is 51.4 Å². The minimum atomic E-state index is -0.565. The SMILES string of the molecule is Cc1nc(C2(NC(=O)CN3CCCCC3=O)CCCCCC2)no1. The van der Waals surface area contributed by atoms with Crippen molar-refractivity contribution in [3.8, 4) is 0 Å². The van der Waals surface area contributed by atoms with Gasteiger partial charge in [0.25, 0.3) is 0 Å².